The molecule has 2 aromatic rings. The van der Waals surface area contributed by atoms with Crippen LogP contribution in [0.5, 0.6) is 0 Å². The smallest absolute Gasteiger partial charge is 0.272 e. The van der Waals surface area contributed by atoms with Crippen LogP contribution in [0.1, 0.15) is 28.6 Å². The van der Waals surface area contributed by atoms with Crippen LogP contribution in [0.15, 0.2) is 41.0 Å². The Morgan fingerprint density at radius 2 is 2.23 bits per heavy atom. The third-order valence-corrected chi connectivity index (χ3v) is 3.02. The van der Waals surface area contributed by atoms with Gasteiger partial charge in [-0.2, -0.15) is 0 Å². The molecule has 1 amide bonds. The fourth-order valence-corrected chi connectivity index (χ4v) is 1.94. The molecule has 2 rings (SSSR count). The van der Waals surface area contributed by atoms with E-state index in [1.807, 2.05) is 0 Å². The highest BCUT2D eigenvalue weighted by Gasteiger charge is 2.21. The van der Waals surface area contributed by atoms with Crippen LogP contribution in [0.3, 0.4) is 0 Å². The summed E-state index contributed by atoms with van der Waals surface area (Å²) in [4.78, 5) is 21.9. The van der Waals surface area contributed by atoms with Crippen molar-refractivity contribution in [3.05, 3.63) is 63.9 Å². The van der Waals surface area contributed by atoms with Crippen LogP contribution in [0, 0.1) is 15.9 Å². The lowest BCUT2D eigenvalue weighted by molar-refractivity contribution is -0.385. The predicted molar refractivity (Wildman–Crippen MR) is 73.7 cm³/mol. The van der Waals surface area contributed by atoms with Gasteiger partial charge in [0.25, 0.3) is 11.6 Å². The zero-order valence-electron chi connectivity index (χ0n) is 11.4. The van der Waals surface area contributed by atoms with Crippen molar-refractivity contribution in [2.24, 2.45) is 0 Å². The van der Waals surface area contributed by atoms with Gasteiger partial charge in [0, 0.05) is 12.7 Å². The Balaban J connectivity index is 2.18. The van der Waals surface area contributed by atoms with Gasteiger partial charge in [0.2, 0.25) is 0 Å². The molecule has 7 nitrogen and oxygen atoms in total. The molecule has 116 valence electrons. The summed E-state index contributed by atoms with van der Waals surface area (Å²) in [6, 6.07) is 5.39. The van der Waals surface area contributed by atoms with Gasteiger partial charge in [-0.1, -0.05) is 0 Å². The van der Waals surface area contributed by atoms with Crippen LogP contribution < -0.4 is 5.32 Å². The molecule has 0 aliphatic heterocycles. The summed E-state index contributed by atoms with van der Waals surface area (Å²) in [5.41, 5.74) is -0.757. The number of furan rings is 1. The van der Waals surface area contributed by atoms with Gasteiger partial charge in [0.1, 0.15) is 11.6 Å². The molecule has 0 spiro atoms. The number of rotatable bonds is 6. The quantitative estimate of drug-likeness (QED) is 0.628. The van der Waals surface area contributed by atoms with Gasteiger partial charge < -0.3 is 14.8 Å². The molecule has 0 saturated carbocycles. The average molecular weight is 308 g/mol. The van der Waals surface area contributed by atoms with E-state index in [1.165, 1.54) is 6.26 Å². The van der Waals surface area contributed by atoms with Crippen LogP contribution in [0.2, 0.25) is 0 Å². The number of carbonyl (C=O) groups is 1. The van der Waals surface area contributed by atoms with Crippen LogP contribution in [-0.2, 0) is 0 Å². The van der Waals surface area contributed by atoms with Crippen molar-refractivity contribution in [3.8, 4) is 0 Å². The highest BCUT2D eigenvalue weighted by molar-refractivity contribution is 5.94. The lowest BCUT2D eigenvalue weighted by Crippen LogP contribution is -2.29. The fraction of sp³-hybridized carbons (Fsp3) is 0.214. The van der Waals surface area contributed by atoms with E-state index in [1.54, 1.807) is 12.1 Å². The number of nitrogens with one attached hydrogen (secondary N) is 1. The molecule has 0 bridgehead atoms. The molecule has 0 aliphatic rings. The Bertz CT molecular complexity index is 672. The molecule has 22 heavy (non-hydrogen) atoms. The second-order valence-corrected chi connectivity index (χ2v) is 4.48. The summed E-state index contributed by atoms with van der Waals surface area (Å²) in [7, 11) is 0. The number of hydrogen-bond donors (Lipinski definition) is 2. The van der Waals surface area contributed by atoms with Crippen molar-refractivity contribution in [1.82, 2.24) is 5.32 Å². The topological polar surface area (TPSA) is 106 Å². The van der Waals surface area contributed by atoms with Crippen LogP contribution in [0.4, 0.5) is 10.1 Å². The van der Waals surface area contributed by atoms with E-state index in [0.29, 0.717) is 11.8 Å². The monoisotopic (exact) mass is 308 g/mol. The van der Waals surface area contributed by atoms with Gasteiger partial charge in [-0.3, -0.25) is 14.9 Å². The molecule has 1 atom stereocenters. The largest absolute Gasteiger partial charge is 0.467 e. The summed E-state index contributed by atoms with van der Waals surface area (Å²) < 4.78 is 19.0. The maximum Gasteiger partial charge on any atom is 0.272 e. The van der Waals surface area contributed by atoms with Crippen molar-refractivity contribution in [2.75, 3.05) is 6.61 Å². The number of hydrogen-bond acceptors (Lipinski definition) is 5. The van der Waals surface area contributed by atoms with Gasteiger partial charge >= 0.3 is 0 Å². The molecule has 0 unspecified atom stereocenters. The molecule has 8 heteroatoms. The van der Waals surface area contributed by atoms with E-state index in [4.69, 9.17) is 9.52 Å². The number of non-ortho nitro benzene ring substituents is 1. The third-order valence-electron chi connectivity index (χ3n) is 3.02. The van der Waals surface area contributed by atoms with Crippen molar-refractivity contribution < 1.29 is 23.6 Å². The first-order valence-corrected chi connectivity index (χ1v) is 6.42. The zero-order valence-corrected chi connectivity index (χ0v) is 11.4. The molecule has 1 aromatic carbocycles. The Morgan fingerprint density at radius 3 is 2.77 bits per heavy atom. The normalized spacial score (nSPS) is 11.9. The number of nitro benzene ring substituents is 1. The Labute approximate surface area is 124 Å². The molecular weight excluding hydrogens is 295 g/mol. The molecular formula is C14H13FN2O5. The first-order chi connectivity index (χ1) is 10.5. The minimum Gasteiger partial charge on any atom is -0.467 e. The summed E-state index contributed by atoms with van der Waals surface area (Å²) >= 11 is 0. The lowest BCUT2D eigenvalue weighted by Gasteiger charge is -2.15. The predicted octanol–water partition coefficient (Wildman–Crippen LogP) is 2.18. The first-order valence-electron chi connectivity index (χ1n) is 6.42. The number of aliphatic hydroxyl groups is 1. The maximum atomic E-state index is 13.8. The minimum atomic E-state index is -0.992. The highest BCUT2D eigenvalue weighted by Crippen LogP contribution is 2.20. The molecule has 0 aliphatic carbocycles. The van der Waals surface area contributed by atoms with Crippen LogP contribution >= 0.6 is 0 Å². The third kappa shape index (κ3) is 3.47. The highest BCUT2D eigenvalue weighted by atomic mass is 19.1. The zero-order chi connectivity index (χ0) is 16.1. The standard InChI is InChI=1S/C14H13FN2O5/c15-11-8-9(17(20)21)3-4-10(11)14(19)16-12(5-6-18)13-2-1-7-22-13/h1-4,7-8,12,18H,5-6H2,(H,16,19)/t12-/m1/s1. The number of nitro groups is 1. The number of aliphatic hydroxyl groups excluding tert-OH is 1. The van der Waals surface area contributed by atoms with E-state index in [-0.39, 0.29) is 18.6 Å². The summed E-state index contributed by atoms with van der Waals surface area (Å²) in [6.45, 7) is -0.200. The number of amides is 1. The SMILES string of the molecule is O=C(N[C@H](CCO)c1ccco1)c1ccc([N+](=O)[O-])cc1F. The Hall–Kier alpha value is -2.74. The molecule has 0 saturated heterocycles. The van der Waals surface area contributed by atoms with E-state index in [2.05, 4.69) is 5.32 Å². The number of benzene rings is 1. The molecule has 1 heterocycles. The van der Waals surface area contributed by atoms with Crippen molar-refractivity contribution in [1.29, 1.82) is 0 Å². The van der Waals surface area contributed by atoms with E-state index >= 15 is 0 Å². The fourth-order valence-electron chi connectivity index (χ4n) is 1.94. The summed E-state index contributed by atoms with van der Waals surface area (Å²) in [6.07, 6.45) is 1.60. The molecule has 2 N–H and O–H groups in total. The van der Waals surface area contributed by atoms with E-state index in [9.17, 15) is 19.3 Å². The molecule has 1 aromatic heterocycles. The van der Waals surface area contributed by atoms with Crippen LogP contribution in [0.25, 0.3) is 0 Å². The Kier molecular flexibility index (Phi) is 4.84. The molecule has 0 radical (unpaired) electrons. The summed E-state index contributed by atoms with van der Waals surface area (Å²) in [5, 5.41) is 22.1. The van der Waals surface area contributed by atoms with Gasteiger partial charge in [-0.05, 0) is 24.6 Å². The number of halogens is 1. The van der Waals surface area contributed by atoms with Gasteiger partial charge in [-0.15, -0.1) is 0 Å². The van der Waals surface area contributed by atoms with E-state index in [0.717, 1.165) is 12.1 Å². The van der Waals surface area contributed by atoms with E-state index < -0.39 is 28.4 Å². The molecule has 0 fully saturated rings. The van der Waals surface area contributed by atoms with Crippen molar-refractivity contribution >= 4 is 11.6 Å². The Morgan fingerprint density at radius 1 is 1.45 bits per heavy atom. The van der Waals surface area contributed by atoms with Crippen LogP contribution in [-0.4, -0.2) is 22.5 Å². The minimum absolute atomic E-state index is 0.188. The van der Waals surface area contributed by atoms with Crippen molar-refractivity contribution in [2.45, 2.75) is 12.5 Å². The maximum absolute atomic E-state index is 13.8. The second-order valence-electron chi connectivity index (χ2n) is 4.48. The van der Waals surface area contributed by atoms with Gasteiger partial charge in [0.05, 0.1) is 28.9 Å². The lowest BCUT2D eigenvalue weighted by atomic mass is 10.1. The second kappa shape index (κ2) is 6.81. The first kappa shape index (κ1) is 15.6. The van der Waals surface area contributed by atoms with Gasteiger partial charge in [-0.25, -0.2) is 4.39 Å². The van der Waals surface area contributed by atoms with Gasteiger partial charge in [0.15, 0.2) is 0 Å². The summed E-state index contributed by atoms with van der Waals surface area (Å²) in [5.74, 6) is -1.32. The van der Waals surface area contributed by atoms with Crippen molar-refractivity contribution in [3.63, 3.8) is 0 Å². The number of nitrogens with zero attached hydrogens (tertiary/aromatic N) is 1. The number of carbonyl (C=O) groups excluding carboxylic acids is 1. The average Bonchev–Trinajstić information content (AvgIpc) is 3.00.